The van der Waals surface area contributed by atoms with Crippen molar-refractivity contribution in [2.45, 2.75) is 6.92 Å². The molecule has 1 aliphatic heterocycles. The fourth-order valence-corrected chi connectivity index (χ4v) is 4.24. The smallest absolute Gasteiger partial charge is 0.414 e. The molecule has 9 heteroatoms. The maximum absolute atomic E-state index is 15.1. The van der Waals surface area contributed by atoms with Crippen LogP contribution in [0.15, 0.2) is 54.7 Å². The molecule has 0 radical (unpaired) electrons. The molecule has 2 aromatic carbocycles. The third-order valence-corrected chi connectivity index (χ3v) is 5.93. The molecule has 0 unspecified atom stereocenters. The molecule has 0 saturated carbocycles. The number of carbonyl (C=O) groups excluding carboxylic acids is 2. The number of carbonyl (C=O) groups is 2. The van der Waals surface area contributed by atoms with E-state index in [9.17, 15) is 9.59 Å². The van der Waals surface area contributed by atoms with Gasteiger partial charge in [0, 0.05) is 63.5 Å². The van der Waals surface area contributed by atoms with Crippen molar-refractivity contribution in [2.24, 2.45) is 0 Å². The van der Waals surface area contributed by atoms with Gasteiger partial charge in [0.2, 0.25) is 5.91 Å². The average Bonchev–Trinajstić information content (AvgIpc) is 2.86. The summed E-state index contributed by atoms with van der Waals surface area (Å²) in [6, 6.07) is 14.8. The molecular weight excluding hydrogens is 437 g/mol. The Morgan fingerprint density at radius 2 is 1.76 bits per heavy atom. The summed E-state index contributed by atoms with van der Waals surface area (Å²) < 4.78 is 20.0. The van der Waals surface area contributed by atoms with Crippen molar-refractivity contribution < 1.29 is 18.7 Å². The Labute approximate surface area is 197 Å². The lowest BCUT2D eigenvalue weighted by atomic mass is 10.1. The number of methoxy groups -OCH3 is 1. The van der Waals surface area contributed by atoms with Crippen molar-refractivity contribution in [2.75, 3.05) is 61.1 Å². The molecular formula is C25H28FN5O3. The van der Waals surface area contributed by atoms with Gasteiger partial charge in [0.15, 0.2) is 0 Å². The monoisotopic (exact) mass is 465 g/mol. The van der Waals surface area contributed by atoms with Crippen LogP contribution in [0.25, 0.3) is 10.9 Å². The van der Waals surface area contributed by atoms with Crippen LogP contribution >= 0.6 is 0 Å². The number of hydrogen-bond acceptors (Lipinski definition) is 6. The minimum atomic E-state index is -0.615. The molecule has 0 spiro atoms. The summed E-state index contributed by atoms with van der Waals surface area (Å²) in [5.74, 6) is -0.612. The van der Waals surface area contributed by atoms with Crippen molar-refractivity contribution in [3.63, 3.8) is 0 Å². The van der Waals surface area contributed by atoms with Crippen LogP contribution in [-0.2, 0) is 9.53 Å². The van der Waals surface area contributed by atoms with Gasteiger partial charge in [-0.3, -0.25) is 14.7 Å². The number of halogens is 1. The van der Waals surface area contributed by atoms with Gasteiger partial charge >= 0.3 is 6.09 Å². The van der Waals surface area contributed by atoms with Gasteiger partial charge in [-0.2, -0.15) is 0 Å². The van der Waals surface area contributed by atoms with E-state index in [1.807, 2.05) is 35.4 Å². The van der Waals surface area contributed by atoms with Gasteiger partial charge in [0.25, 0.3) is 0 Å². The molecule has 8 nitrogen and oxygen atoms in total. The number of anilines is 3. The van der Waals surface area contributed by atoms with Gasteiger partial charge in [-0.1, -0.05) is 18.2 Å². The average molecular weight is 466 g/mol. The number of rotatable bonds is 6. The predicted octanol–water partition coefficient (Wildman–Crippen LogP) is 3.41. The predicted molar refractivity (Wildman–Crippen MR) is 131 cm³/mol. The van der Waals surface area contributed by atoms with Crippen LogP contribution in [0, 0.1) is 5.82 Å². The Bertz CT molecular complexity index is 1170. The van der Waals surface area contributed by atoms with Gasteiger partial charge in [-0.25, -0.2) is 9.18 Å². The molecule has 2 heterocycles. The third kappa shape index (κ3) is 5.03. The highest BCUT2D eigenvalue weighted by Gasteiger charge is 2.23. The minimum Gasteiger partial charge on any atom is -0.452 e. The lowest BCUT2D eigenvalue weighted by Crippen LogP contribution is -2.47. The molecule has 3 aromatic rings. The number of pyridine rings is 1. The number of para-hydroxylation sites is 1. The summed E-state index contributed by atoms with van der Waals surface area (Å²) in [5, 5.41) is 3.74. The molecule has 1 aliphatic rings. The summed E-state index contributed by atoms with van der Waals surface area (Å²) in [7, 11) is 1.27. The molecule has 0 atom stereocenters. The number of ether oxygens (including phenoxy) is 1. The second-order valence-electron chi connectivity index (χ2n) is 8.06. The number of benzene rings is 2. The summed E-state index contributed by atoms with van der Waals surface area (Å²) in [6.07, 6.45) is 1.21. The van der Waals surface area contributed by atoms with Crippen LogP contribution in [0.2, 0.25) is 0 Å². The van der Waals surface area contributed by atoms with E-state index in [-0.39, 0.29) is 19.0 Å². The Hall–Kier alpha value is -3.88. The molecule has 34 heavy (non-hydrogen) atoms. The highest BCUT2D eigenvalue weighted by molar-refractivity contribution is 5.91. The Balaban J connectivity index is 1.46. The highest BCUT2D eigenvalue weighted by Crippen LogP contribution is 2.29. The molecule has 4 rings (SSSR count). The minimum absolute atomic E-state index is 0.170. The third-order valence-electron chi connectivity index (χ3n) is 5.93. The zero-order valence-electron chi connectivity index (χ0n) is 19.3. The second-order valence-corrected chi connectivity index (χ2v) is 8.06. The van der Waals surface area contributed by atoms with Gasteiger partial charge in [0.1, 0.15) is 5.82 Å². The molecule has 178 valence electrons. The van der Waals surface area contributed by atoms with Crippen LogP contribution in [0.1, 0.15) is 6.92 Å². The van der Waals surface area contributed by atoms with Crippen LogP contribution in [0.4, 0.5) is 26.2 Å². The normalized spacial score (nSPS) is 13.6. The van der Waals surface area contributed by atoms with E-state index in [1.165, 1.54) is 25.0 Å². The first-order chi connectivity index (χ1) is 16.5. The zero-order valence-corrected chi connectivity index (χ0v) is 19.3. The molecule has 1 N–H and O–H groups in total. The quantitative estimate of drug-likeness (QED) is 0.601. The summed E-state index contributed by atoms with van der Waals surface area (Å²) in [5.41, 5.74) is 2.96. The van der Waals surface area contributed by atoms with Gasteiger partial charge in [0.05, 0.1) is 24.0 Å². The number of nitrogens with one attached hydrogen (secondary N) is 1. The fourth-order valence-electron chi connectivity index (χ4n) is 4.24. The maximum Gasteiger partial charge on any atom is 0.414 e. The topological polar surface area (TPSA) is 78.0 Å². The summed E-state index contributed by atoms with van der Waals surface area (Å²) in [4.78, 5) is 33.4. The van der Waals surface area contributed by atoms with Crippen LogP contribution in [-0.4, -0.2) is 63.4 Å². The van der Waals surface area contributed by atoms with Gasteiger partial charge in [-0.05, 0) is 30.3 Å². The second kappa shape index (κ2) is 10.4. The van der Waals surface area contributed by atoms with E-state index >= 15 is 4.39 Å². The number of amides is 2. The first-order valence-electron chi connectivity index (χ1n) is 11.2. The first kappa shape index (κ1) is 23.3. The van der Waals surface area contributed by atoms with Gasteiger partial charge < -0.3 is 19.9 Å². The summed E-state index contributed by atoms with van der Waals surface area (Å²) >= 11 is 0. The Morgan fingerprint density at radius 3 is 2.44 bits per heavy atom. The van der Waals surface area contributed by atoms with E-state index in [1.54, 1.807) is 12.1 Å². The van der Waals surface area contributed by atoms with Crippen molar-refractivity contribution in [1.82, 2.24) is 10.3 Å². The van der Waals surface area contributed by atoms with Crippen LogP contribution < -0.4 is 20.0 Å². The number of nitrogens with zero attached hydrogens (tertiary/aromatic N) is 4. The van der Waals surface area contributed by atoms with Crippen molar-refractivity contribution in [3.05, 3.63) is 60.5 Å². The van der Waals surface area contributed by atoms with Crippen LogP contribution in [0.5, 0.6) is 0 Å². The van der Waals surface area contributed by atoms with E-state index in [0.29, 0.717) is 24.5 Å². The standard InChI is InChI=1S/C25H28FN5O3/c1-18(32)27-11-12-31(25(33)34-2)19-7-8-24(21(26)17-19)30-15-13-29(14-16-30)23-9-10-28-22-6-4-3-5-20(22)23/h3-10,17H,11-16H2,1-2H3,(H,27,32). The number of hydrogen-bond donors (Lipinski definition) is 1. The highest BCUT2D eigenvalue weighted by atomic mass is 19.1. The Kier molecular flexibility index (Phi) is 7.10. The molecule has 0 aliphatic carbocycles. The van der Waals surface area contributed by atoms with Crippen LogP contribution in [0.3, 0.4) is 0 Å². The number of aromatic nitrogens is 1. The molecule has 1 aromatic heterocycles. The zero-order chi connectivity index (χ0) is 24.1. The lowest BCUT2D eigenvalue weighted by molar-refractivity contribution is -0.118. The van der Waals surface area contributed by atoms with E-state index in [4.69, 9.17) is 4.74 Å². The maximum atomic E-state index is 15.1. The summed E-state index contributed by atoms with van der Waals surface area (Å²) in [6.45, 7) is 4.63. The van der Waals surface area contributed by atoms with E-state index in [2.05, 4.69) is 21.3 Å². The van der Waals surface area contributed by atoms with Crippen molar-refractivity contribution in [3.8, 4) is 0 Å². The number of fused-ring (bicyclic) bond motifs is 1. The van der Waals surface area contributed by atoms with Crippen molar-refractivity contribution in [1.29, 1.82) is 0 Å². The largest absolute Gasteiger partial charge is 0.452 e. The molecule has 0 bridgehead atoms. The first-order valence-corrected chi connectivity index (χ1v) is 11.2. The van der Waals surface area contributed by atoms with E-state index < -0.39 is 11.9 Å². The number of piperazine rings is 1. The fraction of sp³-hybridized carbons (Fsp3) is 0.320. The molecule has 1 fully saturated rings. The van der Waals surface area contributed by atoms with Crippen molar-refractivity contribution >= 4 is 40.0 Å². The molecule has 2 amide bonds. The SMILES string of the molecule is COC(=O)N(CCNC(C)=O)c1ccc(N2CCN(c3ccnc4ccccc34)CC2)c(F)c1. The molecule has 1 saturated heterocycles. The lowest BCUT2D eigenvalue weighted by Gasteiger charge is -2.38. The van der Waals surface area contributed by atoms with Gasteiger partial charge in [-0.15, -0.1) is 0 Å². The van der Waals surface area contributed by atoms with E-state index in [0.717, 1.165) is 29.7 Å². The Morgan fingerprint density at radius 1 is 1.06 bits per heavy atom.